The molecule has 0 atom stereocenters. The number of rotatable bonds is 5. The van der Waals surface area contributed by atoms with Gasteiger partial charge in [0.25, 0.3) is 5.56 Å². The van der Waals surface area contributed by atoms with Crippen molar-refractivity contribution in [3.05, 3.63) is 80.9 Å². The third kappa shape index (κ3) is 3.60. The van der Waals surface area contributed by atoms with Crippen molar-refractivity contribution in [2.75, 3.05) is 7.11 Å². The Hall–Kier alpha value is -2.28. The lowest BCUT2D eigenvalue weighted by atomic mass is 10.2. The first-order valence-electron chi connectivity index (χ1n) is 8.18. The molecule has 0 N–H and O–H groups in total. The number of thioether (sulfide) groups is 1. The molecular weight excluding hydrogens is 400 g/mol. The van der Waals surface area contributed by atoms with Crippen molar-refractivity contribution < 1.29 is 4.74 Å². The summed E-state index contributed by atoms with van der Waals surface area (Å²) in [5.74, 6) is 1.36. The monoisotopic (exact) mass is 414 g/mol. The predicted octanol–water partition coefficient (Wildman–Crippen LogP) is 5.40. The number of thiophene rings is 1. The molecule has 0 fully saturated rings. The Morgan fingerprint density at radius 2 is 1.93 bits per heavy atom. The Morgan fingerprint density at radius 3 is 2.67 bits per heavy atom. The van der Waals surface area contributed by atoms with Gasteiger partial charge in [-0.15, -0.1) is 11.3 Å². The highest BCUT2D eigenvalue weighted by molar-refractivity contribution is 7.98. The second kappa shape index (κ2) is 7.76. The lowest BCUT2D eigenvalue weighted by molar-refractivity contribution is 0.414. The van der Waals surface area contributed by atoms with E-state index in [4.69, 9.17) is 21.3 Å². The molecule has 4 nitrogen and oxygen atoms in total. The van der Waals surface area contributed by atoms with Gasteiger partial charge in [0, 0.05) is 10.8 Å². The smallest absolute Gasteiger partial charge is 0.276 e. The number of ether oxygens (including phenoxy) is 1. The van der Waals surface area contributed by atoms with Crippen molar-refractivity contribution in [1.29, 1.82) is 0 Å². The summed E-state index contributed by atoms with van der Waals surface area (Å²) in [6.45, 7) is 0. The number of methoxy groups -OCH3 is 1. The molecule has 0 spiro atoms. The zero-order valence-electron chi connectivity index (χ0n) is 14.4. The SMILES string of the molecule is COc1ccc(-n2c(SCc3ccccc3Cl)nc3ccsc3c2=O)cc1. The fraction of sp³-hybridized carbons (Fsp3) is 0.100. The highest BCUT2D eigenvalue weighted by Crippen LogP contribution is 2.29. The van der Waals surface area contributed by atoms with Crippen LogP contribution < -0.4 is 10.3 Å². The summed E-state index contributed by atoms with van der Waals surface area (Å²) < 4.78 is 7.52. The summed E-state index contributed by atoms with van der Waals surface area (Å²) in [5.41, 5.74) is 2.41. The van der Waals surface area contributed by atoms with Crippen LogP contribution in [0.2, 0.25) is 5.02 Å². The van der Waals surface area contributed by atoms with Gasteiger partial charge in [0.15, 0.2) is 5.16 Å². The van der Waals surface area contributed by atoms with Crippen LogP contribution in [0.4, 0.5) is 0 Å². The lowest BCUT2D eigenvalue weighted by Gasteiger charge is -2.13. The number of hydrogen-bond acceptors (Lipinski definition) is 5. The average Bonchev–Trinajstić information content (AvgIpc) is 3.17. The summed E-state index contributed by atoms with van der Waals surface area (Å²) in [5, 5.41) is 3.23. The maximum Gasteiger partial charge on any atom is 0.276 e. The Kier molecular flexibility index (Phi) is 5.20. The van der Waals surface area contributed by atoms with Gasteiger partial charge in [-0.25, -0.2) is 4.98 Å². The molecule has 0 amide bonds. The van der Waals surface area contributed by atoms with Crippen LogP contribution in [0.1, 0.15) is 5.56 Å². The summed E-state index contributed by atoms with van der Waals surface area (Å²) in [6, 6.07) is 17.0. The van der Waals surface area contributed by atoms with E-state index in [2.05, 4.69) is 0 Å². The van der Waals surface area contributed by atoms with E-state index in [1.165, 1.54) is 23.1 Å². The third-order valence-corrected chi connectivity index (χ3v) is 6.34. The highest BCUT2D eigenvalue weighted by Gasteiger charge is 2.15. The molecule has 0 saturated carbocycles. The molecule has 4 rings (SSSR count). The second-order valence-electron chi connectivity index (χ2n) is 5.75. The molecule has 0 bridgehead atoms. The number of aromatic nitrogens is 2. The van der Waals surface area contributed by atoms with E-state index in [-0.39, 0.29) is 5.56 Å². The molecule has 0 aliphatic carbocycles. The van der Waals surface area contributed by atoms with Crippen LogP contribution >= 0.6 is 34.7 Å². The summed E-state index contributed by atoms with van der Waals surface area (Å²) >= 11 is 9.17. The molecule has 0 unspecified atom stereocenters. The first-order valence-corrected chi connectivity index (χ1v) is 10.4. The van der Waals surface area contributed by atoms with E-state index in [9.17, 15) is 4.79 Å². The van der Waals surface area contributed by atoms with Crippen LogP contribution in [0, 0.1) is 0 Å². The van der Waals surface area contributed by atoms with Crippen LogP contribution in [-0.2, 0) is 5.75 Å². The van der Waals surface area contributed by atoms with E-state index in [0.717, 1.165) is 22.5 Å². The molecular formula is C20H15ClN2O2S2. The van der Waals surface area contributed by atoms with Gasteiger partial charge >= 0.3 is 0 Å². The quantitative estimate of drug-likeness (QED) is 0.324. The molecule has 27 heavy (non-hydrogen) atoms. The summed E-state index contributed by atoms with van der Waals surface area (Å²) in [6.07, 6.45) is 0. The van der Waals surface area contributed by atoms with Gasteiger partial charge in [-0.3, -0.25) is 9.36 Å². The van der Waals surface area contributed by atoms with Crippen molar-refractivity contribution in [3.63, 3.8) is 0 Å². The minimum Gasteiger partial charge on any atom is -0.497 e. The molecule has 2 aromatic heterocycles. The molecule has 0 aliphatic rings. The Morgan fingerprint density at radius 1 is 1.15 bits per heavy atom. The number of fused-ring (bicyclic) bond motifs is 1. The standard InChI is InChI=1S/C20H15ClN2O2S2/c1-25-15-8-6-14(7-9-15)23-19(24)18-17(10-11-26-18)22-20(23)27-12-13-4-2-3-5-16(13)21/h2-11H,12H2,1H3. The average molecular weight is 415 g/mol. The zero-order chi connectivity index (χ0) is 18.8. The topological polar surface area (TPSA) is 44.1 Å². The molecule has 0 radical (unpaired) electrons. The molecule has 4 aromatic rings. The van der Waals surface area contributed by atoms with Crippen molar-refractivity contribution in [1.82, 2.24) is 9.55 Å². The maximum atomic E-state index is 13.1. The van der Waals surface area contributed by atoms with Gasteiger partial charge in [-0.05, 0) is 47.3 Å². The number of nitrogens with zero attached hydrogens (tertiary/aromatic N) is 2. The Bertz CT molecular complexity index is 1150. The second-order valence-corrected chi connectivity index (χ2v) is 8.01. The minimum absolute atomic E-state index is 0.0678. The molecule has 0 saturated heterocycles. The Balaban J connectivity index is 1.80. The number of halogens is 1. The van der Waals surface area contributed by atoms with E-state index < -0.39 is 0 Å². The van der Waals surface area contributed by atoms with Gasteiger partial charge in [0.1, 0.15) is 10.4 Å². The highest BCUT2D eigenvalue weighted by atomic mass is 35.5. The normalized spacial score (nSPS) is 11.0. The molecule has 2 heterocycles. The van der Waals surface area contributed by atoms with Crippen LogP contribution in [0.15, 0.2) is 69.9 Å². The molecule has 7 heteroatoms. The molecule has 2 aromatic carbocycles. The van der Waals surface area contributed by atoms with Crippen LogP contribution in [0.5, 0.6) is 5.75 Å². The summed E-state index contributed by atoms with van der Waals surface area (Å²) in [4.78, 5) is 17.8. The first-order chi connectivity index (χ1) is 13.2. The minimum atomic E-state index is -0.0678. The molecule has 136 valence electrons. The van der Waals surface area contributed by atoms with Crippen molar-refractivity contribution in [3.8, 4) is 11.4 Å². The Labute approximate surface area is 169 Å². The molecule has 0 aliphatic heterocycles. The van der Waals surface area contributed by atoms with Crippen molar-refractivity contribution >= 4 is 44.9 Å². The fourth-order valence-corrected chi connectivity index (χ4v) is 4.76. The van der Waals surface area contributed by atoms with E-state index in [0.29, 0.717) is 20.6 Å². The van der Waals surface area contributed by atoms with Gasteiger partial charge in [-0.2, -0.15) is 0 Å². The largest absolute Gasteiger partial charge is 0.497 e. The predicted molar refractivity (Wildman–Crippen MR) is 113 cm³/mol. The lowest BCUT2D eigenvalue weighted by Crippen LogP contribution is -2.20. The van der Waals surface area contributed by atoms with E-state index >= 15 is 0 Å². The van der Waals surface area contributed by atoms with Gasteiger partial charge in [-0.1, -0.05) is 41.6 Å². The van der Waals surface area contributed by atoms with E-state index in [1.807, 2.05) is 60.0 Å². The maximum absolute atomic E-state index is 13.1. The van der Waals surface area contributed by atoms with Crippen LogP contribution in [0.25, 0.3) is 15.9 Å². The fourth-order valence-electron chi connectivity index (χ4n) is 2.71. The first kappa shape index (κ1) is 18.1. The van der Waals surface area contributed by atoms with Crippen LogP contribution in [-0.4, -0.2) is 16.7 Å². The van der Waals surface area contributed by atoms with Crippen molar-refractivity contribution in [2.24, 2.45) is 0 Å². The number of hydrogen-bond donors (Lipinski definition) is 0. The zero-order valence-corrected chi connectivity index (χ0v) is 16.8. The van der Waals surface area contributed by atoms with Crippen molar-refractivity contribution in [2.45, 2.75) is 10.9 Å². The van der Waals surface area contributed by atoms with Gasteiger partial charge in [0.05, 0.1) is 18.3 Å². The number of benzene rings is 2. The third-order valence-electron chi connectivity index (χ3n) is 4.09. The van der Waals surface area contributed by atoms with Gasteiger partial charge < -0.3 is 4.74 Å². The van der Waals surface area contributed by atoms with Gasteiger partial charge in [0.2, 0.25) is 0 Å². The summed E-state index contributed by atoms with van der Waals surface area (Å²) in [7, 11) is 1.62. The van der Waals surface area contributed by atoms with E-state index in [1.54, 1.807) is 11.7 Å². The van der Waals surface area contributed by atoms with Crippen LogP contribution in [0.3, 0.4) is 0 Å².